The molecule has 1 aromatic heterocycles. The third kappa shape index (κ3) is 3.46. The van der Waals surface area contributed by atoms with E-state index in [1.54, 1.807) is 0 Å². The van der Waals surface area contributed by atoms with Crippen molar-refractivity contribution in [3.63, 3.8) is 0 Å². The number of aromatic nitrogens is 2. The van der Waals surface area contributed by atoms with Gasteiger partial charge < -0.3 is 14.6 Å². The zero-order chi connectivity index (χ0) is 12.1. The van der Waals surface area contributed by atoms with Crippen LogP contribution < -0.4 is 5.32 Å². The van der Waals surface area contributed by atoms with Crippen molar-refractivity contribution >= 4 is 5.95 Å². The highest BCUT2D eigenvalue weighted by molar-refractivity contribution is 5.28. The van der Waals surface area contributed by atoms with Crippen LogP contribution in [0.5, 0.6) is 0 Å². The molecule has 1 N–H and O–H groups in total. The summed E-state index contributed by atoms with van der Waals surface area (Å²) in [6, 6.07) is 0. The van der Waals surface area contributed by atoms with E-state index in [1.807, 2.05) is 6.92 Å². The molecular formula is C13H23N3O. The van der Waals surface area contributed by atoms with Gasteiger partial charge in [-0.2, -0.15) is 0 Å². The first-order valence-corrected chi connectivity index (χ1v) is 6.69. The molecule has 2 rings (SSSR count). The lowest BCUT2D eigenvalue weighted by atomic mass is 10.2. The molecule has 1 aromatic rings. The van der Waals surface area contributed by atoms with Crippen molar-refractivity contribution < 1.29 is 4.74 Å². The first-order valence-electron chi connectivity index (χ1n) is 6.69. The minimum atomic E-state index is 0.457. The molecule has 0 spiro atoms. The molecule has 0 aromatic carbocycles. The average Bonchev–Trinajstić information content (AvgIpc) is 2.90. The van der Waals surface area contributed by atoms with E-state index in [-0.39, 0.29) is 0 Å². The van der Waals surface area contributed by atoms with Crippen LogP contribution in [0.1, 0.15) is 38.3 Å². The van der Waals surface area contributed by atoms with Crippen molar-refractivity contribution in [2.24, 2.45) is 0 Å². The summed E-state index contributed by atoms with van der Waals surface area (Å²) in [6.07, 6.45) is 7.21. The highest BCUT2D eigenvalue weighted by Gasteiger charge is 2.15. The van der Waals surface area contributed by atoms with Gasteiger partial charge in [0.05, 0.1) is 11.8 Å². The molecule has 0 saturated carbocycles. The fourth-order valence-electron chi connectivity index (χ4n) is 2.32. The van der Waals surface area contributed by atoms with Crippen LogP contribution in [0.25, 0.3) is 0 Å². The van der Waals surface area contributed by atoms with Crippen molar-refractivity contribution in [3.8, 4) is 0 Å². The first kappa shape index (κ1) is 12.4. The van der Waals surface area contributed by atoms with Gasteiger partial charge in [0.2, 0.25) is 5.95 Å². The van der Waals surface area contributed by atoms with E-state index in [1.165, 1.54) is 12.8 Å². The van der Waals surface area contributed by atoms with E-state index in [4.69, 9.17) is 4.74 Å². The number of nitrogens with one attached hydrogen (secondary N) is 1. The standard InChI is InChI=1S/C13H23N3O/c1-3-8-16-10-11(2)15-13(16)14-7-6-12-5-4-9-17-12/h10,12H,3-9H2,1-2H3,(H,14,15). The second-order valence-electron chi connectivity index (χ2n) is 4.75. The fraction of sp³-hybridized carbons (Fsp3) is 0.769. The smallest absolute Gasteiger partial charge is 0.203 e. The maximum Gasteiger partial charge on any atom is 0.203 e. The van der Waals surface area contributed by atoms with Gasteiger partial charge in [-0.1, -0.05) is 6.92 Å². The van der Waals surface area contributed by atoms with Gasteiger partial charge in [0, 0.05) is 25.9 Å². The van der Waals surface area contributed by atoms with E-state index in [9.17, 15) is 0 Å². The van der Waals surface area contributed by atoms with Crippen LogP contribution in [0.2, 0.25) is 0 Å². The Labute approximate surface area is 103 Å². The Morgan fingerprint density at radius 2 is 2.47 bits per heavy atom. The Kier molecular flexibility index (Phi) is 4.42. The lowest BCUT2D eigenvalue weighted by molar-refractivity contribution is 0.107. The zero-order valence-corrected chi connectivity index (χ0v) is 10.9. The number of aryl methyl sites for hydroxylation is 2. The third-order valence-corrected chi connectivity index (χ3v) is 3.13. The second kappa shape index (κ2) is 6.05. The van der Waals surface area contributed by atoms with Gasteiger partial charge in [0.25, 0.3) is 0 Å². The molecule has 1 fully saturated rings. The van der Waals surface area contributed by atoms with Crippen molar-refractivity contribution in [2.45, 2.75) is 52.2 Å². The Morgan fingerprint density at radius 1 is 1.59 bits per heavy atom. The van der Waals surface area contributed by atoms with Gasteiger partial charge in [-0.15, -0.1) is 0 Å². The van der Waals surface area contributed by atoms with Crippen molar-refractivity contribution in [1.29, 1.82) is 0 Å². The lowest BCUT2D eigenvalue weighted by Gasteiger charge is -2.11. The topological polar surface area (TPSA) is 39.1 Å². The lowest BCUT2D eigenvalue weighted by Crippen LogP contribution is -2.14. The number of rotatable bonds is 6. The summed E-state index contributed by atoms with van der Waals surface area (Å²) in [5, 5.41) is 3.42. The minimum Gasteiger partial charge on any atom is -0.378 e. The van der Waals surface area contributed by atoms with Gasteiger partial charge in [0.1, 0.15) is 0 Å². The normalized spacial score (nSPS) is 19.8. The summed E-state index contributed by atoms with van der Waals surface area (Å²) in [6.45, 7) is 7.14. The molecule has 0 bridgehead atoms. The average molecular weight is 237 g/mol. The molecule has 1 aliphatic heterocycles. The van der Waals surface area contributed by atoms with Gasteiger partial charge in [-0.3, -0.25) is 0 Å². The second-order valence-corrected chi connectivity index (χ2v) is 4.75. The highest BCUT2D eigenvalue weighted by Crippen LogP contribution is 2.16. The predicted molar refractivity (Wildman–Crippen MR) is 69.3 cm³/mol. The van der Waals surface area contributed by atoms with Crippen LogP contribution in [-0.2, 0) is 11.3 Å². The van der Waals surface area contributed by atoms with E-state index in [0.717, 1.165) is 44.2 Å². The molecule has 0 aliphatic carbocycles. The van der Waals surface area contributed by atoms with E-state index < -0.39 is 0 Å². The summed E-state index contributed by atoms with van der Waals surface area (Å²) >= 11 is 0. The molecule has 1 aliphatic rings. The van der Waals surface area contributed by atoms with Crippen LogP contribution in [0, 0.1) is 6.92 Å². The van der Waals surface area contributed by atoms with Crippen molar-refractivity contribution in [3.05, 3.63) is 11.9 Å². The van der Waals surface area contributed by atoms with Crippen molar-refractivity contribution in [2.75, 3.05) is 18.5 Å². The molecular weight excluding hydrogens is 214 g/mol. The van der Waals surface area contributed by atoms with Crippen LogP contribution in [-0.4, -0.2) is 28.8 Å². The number of hydrogen-bond acceptors (Lipinski definition) is 3. The fourth-order valence-corrected chi connectivity index (χ4v) is 2.32. The molecule has 17 heavy (non-hydrogen) atoms. The molecule has 96 valence electrons. The van der Waals surface area contributed by atoms with Gasteiger partial charge in [-0.05, 0) is 32.6 Å². The Balaban J connectivity index is 1.80. The van der Waals surface area contributed by atoms with E-state index in [2.05, 4.69) is 28.0 Å². The highest BCUT2D eigenvalue weighted by atomic mass is 16.5. The number of anilines is 1. The first-order chi connectivity index (χ1) is 8.29. The molecule has 1 atom stereocenters. The SMILES string of the molecule is CCCn1cc(C)nc1NCCC1CCCO1. The summed E-state index contributed by atoms with van der Waals surface area (Å²) in [5.74, 6) is 1.00. The van der Waals surface area contributed by atoms with E-state index in [0.29, 0.717) is 6.10 Å². The Bertz CT molecular complexity index is 342. The largest absolute Gasteiger partial charge is 0.378 e. The third-order valence-electron chi connectivity index (χ3n) is 3.13. The van der Waals surface area contributed by atoms with Gasteiger partial charge in [-0.25, -0.2) is 4.98 Å². The quantitative estimate of drug-likeness (QED) is 0.826. The number of ether oxygens (including phenoxy) is 1. The number of nitrogens with zero attached hydrogens (tertiary/aromatic N) is 2. The van der Waals surface area contributed by atoms with Gasteiger partial charge in [0.15, 0.2) is 0 Å². The number of imidazole rings is 1. The van der Waals surface area contributed by atoms with Gasteiger partial charge >= 0.3 is 0 Å². The maximum absolute atomic E-state index is 5.61. The monoisotopic (exact) mass is 237 g/mol. The van der Waals surface area contributed by atoms with Crippen LogP contribution in [0.4, 0.5) is 5.95 Å². The molecule has 4 nitrogen and oxygen atoms in total. The summed E-state index contributed by atoms with van der Waals surface area (Å²) < 4.78 is 7.81. The molecule has 0 amide bonds. The van der Waals surface area contributed by atoms with Crippen LogP contribution in [0.3, 0.4) is 0 Å². The predicted octanol–water partition coefficient (Wildman–Crippen LogP) is 2.58. The zero-order valence-electron chi connectivity index (χ0n) is 10.9. The van der Waals surface area contributed by atoms with Crippen LogP contribution >= 0.6 is 0 Å². The Hall–Kier alpha value is -1.03. The Morgan fingerprint density at radius 3 is 3.18 bits per heavy atom. The summed E-state index contributed by atoms with van der Waals surface area (Å²) in [4.78, 5) is 4.50. The van der Waals surface area contributed by atoms with Crippen molar-refractivity contribution in [1.82, 2.24) is 9.55 Å². The van der Waals surface area contributed by atoms with Crippen LogP contribution in [0.15, 0.2) is 6.20 Å². The summed E-state index contributed by atoms with van der Waals surface area (Å²) in [5.41, 5.74) is 1.08. The minimum absolute atomic E-state index is 0.457. The maximum atomic E-state index is 5.61. The summed E-state index contributed by atoms with van der Waals surface area (Å²) in [7, 11) is 0. The molecule has 1 saturated heterocycles. The number of hydrogen-bond donors (Lipinski definition) is 1. The van der Waals surface area contributed by atoms with E-state index >= 15 is 0 Å². The molecule has 0 radical (unpaired) electrons. The molecule has 2 heterocycles. The molecule has 4 heteroatoms. The molecule has 1 unspecified atom stereocenters.